The summed E-state index contributed by atoms with van der Waals surface area (Å²) in [6.45, 7) is 2.14. The molecule has 0 bridgehead atoms. The van der Waals surface area contributed by atoms with Crippen molar-refractivity contribution in [3.05, 3.63) is 59.6 Å². The van der Waals surface area contributed by atoms with Crippen LogP contribution < -0.4 is 4.90 Å². The van der Waals surface area contributed by atoms with E-state index in [1.807, 2.05) is 30.3 Å². The summed E-state index contributed by atoms with van der Waals surface area (Å²) in [6.07, 6.45) is 0.455. The summed E-state index contributed by atoms with van der Waals surface area (Å²) in [5.74, 6) is 0.649. The molecule has 8 heteroatoms. The Morgan fingerprint density at radius 3 is 2.56 bits per heavy atom. The lowest BCUT2D eigenvalue weighted by Gasteiger charge is -2.21. The van der Waals surface area contributed by atoms with E-state index < -0.39 is 15.5 Å². The second kappa shape index (κ2) is 6.90. The van der Waals surface area contributed by atoms with Crippen molar-refractivity contribution < 1.29 is 9.00 Å². The van der Waals surface area contributed by atoms with Crippen LogP contribution in [0.4, 0.5) is 5.95 Å². The van der Waals surface area contributed by atoms with E-state index in [4.69, 9.17) is 11.6 Å². The second-order valence-electron chi connectivity index (χ2n) is 6.51. The van der Waals surface area contributed by atoms with Crippen molar-refractivity contribution in [1.29, 1.82) is 0 Å². The summed E-state index contributed by atoms with van der Waals surface area (Å²) in [5.41, 5.74) is 0.885. The van der Waals surface area contributed by atoms with Gasteiger partial charge in [-0.1, -0.05) is 41.9 Å². The third-order valence-electron chi connectivity index (χ3n) is 4.71. The van der Waals surface area contributed by atoms with Gasteiger partial charge < -0.3 is 0 Å². The molecule has 1 amide bonds. The fourth-order valence-corrected chi connectivity index (χ4v) is 4.67. The number of amides is 1. The molecule has 1 fully saturated rings. The molecule has 1 aliphatic rings. The van der Waals surface area contributed by atoms with E-state index in [2.05, 4.69) is 15.2 Å². The number of aromatic amines is 1. The zero-order valence-corrected chi connectivity index (χ0v) is 16.1. The molecule has 2 unspecified atom stereocenters. The highest BCUT2D eigenvalue weighted by Crippen LogP contribution is 2.34. The monoisotopic (exact) mass is 400 g/mol. The molecule has 0 spiro atoms. The first-order valence-corrected chi connectivity index (χ1v) is 9.99. The van der Waals surface area contributed by atoms with E-state index in [1.165, 1.54) is 4.90 Å². The zero-order valence-electron chi connectivity index (χ0n) is 14.6. The van der Waals surface area contributed by atoms with Crippen molar-refractivity contribution in [2.24, 2.45) is 0 Å². The van der Waals surface area contributed by atoms with Crippen LogP contribution in [-0.4, -0.2) is 36.6 Å². The Kier molecular flexibility index (Phi) is 4.57. The molecule has 0 aliphatic carbocycles. The normalized spacial score (nSPS) is 20.8. The van der Waals surface area contributed by atoms with E-state index in [1.54, 1.807) is 31.2 Å². The van der Waals surface area contributed by atoms with Crippen LogP contribution in [0.1, 0.15) is 13.3 Å². The predicted molar refractivity (Wildman–Crippen MR) is 105 cm³/mol. The number of nitrogens with zero attached hydrogens (tertiary/aromatic N) is 3. The molecule has 1 aliphatic heterocycles. The summed E-state index contributed by atoms with van der Waals surface area (Å²) in [5, 5.41) is 7.62. The van der Waals surface area contributed by atoms with Crippen molar-refractivity contribution in [3.8, 4) is 11.4 Å². The zero-order chi connectivity index (χ0) is 19.0. The number of carbonyl (C=O) groups excluding carboxylic acids is 1. The predicted octanol–water partition coefficient (Wildman–Crippen LogP) is 3.43. The van der Waals surface area contributed by atoms with Crippen molar-refractivity contribution >= 4 is 34.3 Å². The maximum Gasteiger partial charge on any atom is 0.251 e. The minimum absolute atomic E-state index is 0.241. The van der Waals surface area contributed by atoms with Gasteiger partial charge in [-0.2, -0.15) is 4.98 Å². The first-order valence-electron chi connectivity index (χ1n) is 8.46. The highest BCUT2D eigenvalue weighted by Gasteiger charge is 2.49. The number of aromatic nitrogens is 3. The maximum atomic E-state index is 13.1. The van der Waals surface area contributed by atoms with Gasteiger partial charge in [0.2, 0.25) is 5.91 Å². The third-order valence-corrected chi connectivity index (χ3v) is 6.86. The summed E-state index contributed by atoms with van der Waals surface area (Å²) in [4.78, 5) is 19.6. The molecule has 27 heavy (non-hydrogen) atoms. The number of anilines is 1. The van der Waals surface area contributed by atoms with Gasteiger partial charge in [-0.3, -0.25) is 19.0 Å². The Hall–Kier alpha value is -2.51. The van der Waals surface area contributed by atoms with E-state index in [-0.39, 0.29) is 5.91 Å². The number of halogens is 1. The van der Waals surface area contributed by atoms with Crippen LogP contribution >= 0.6 is 11.6 Å². The van der Waals surface area contributed by atoms with E-state index >= 15 is 0 Å². The first kappa shape index (κ1) is 17.9. The molecular weight excluding hydrogens is 384 g/mol. The molecule has 1 aromatic heterocycles. The number of hydrogen-bond donors (Lipinski definition) is 1. The molecule has 1 N–H and O–H groups in total. The lowest BCUT2D eigenvalue weighted by Crippen LogP contribution is -2.41. The molecular formula is C19H17ClN4O2S. The highest BCUT2D eigenvalue weighted by molar-refractivity contribution is 7.87. The Morgan fingerprint density at radius 2 is 1.85 bits per heavy atom. The van der Waals surface area contributed by atoms with Crippen molar-refractivity contribution in [2.75, 3.05) is 11.4 Å². The van der Waals surface area contributed by atoms with Crippen LogP contribution in [-0.2, 0) is 15.6 Å². The number of rotatable bonds is 4. The molecule has 2 aromatic carbocycles. The fourth-order valence-electron chi connectivity index (χ4n) is 3.10. The lowest BCUT2D eigenvalue weighted by molar-refractivity contribution is -0.118. The molecule has 1 saturated heterocycles. The van der Waals surface area contributed by atoms with Gasteiger partial charge >= 0.3 is 0 Å². The Bertz CT molecular complexity index is 1010. The Balaban J connectivity index is 1.59. The number of nitrogens with one attached hydrogen (secondary N) is 1. The highest BCUT2D eigenvalue weighted by atomic mass is 35.5. The van der Waals surface area contributed by atoms with Crippen molar-refractivity contribution in [2.45, 2.75) is 23.0 Å². The number of carbonyl (C=O) groups is 1. The van der Waals surface area contributed by atoms with Crippen molar-refractivity contribution in [1.82, 2.24) is 15.2 Å². The van der Waals surface area contributed by atoms with Gasteiger partial charge in [-0.05, 0) is 37.6 Å². The van der Waals surface area contributed by atoms with Gasteiger partial charge in [0.1, 0.15) is 4.75 Å². The minimum atomic E-state index is -1.50. The molecule has 3 aromatic rings. The molecule has 2 heterocycles. The summed E-state index contributed by atoms with van der Waals surface area (Å²) < 4.78 is 12.0. The number of H-pyrrole nitrogens is 1. The molecule has 2 atom stereocenters. The fraction of sp³-hybridized carbons (Fsp3) is 0.211. The molecule has 138 valence electrons. The van der Waals surface area contributed by atoms with Gasteiger partial charge in [0.05, 0.1) is 10.8 Å². The largest absolute Gasteiger partial charge is 0.278 e. The van der Waals surface area contributed by atoms with Gasteiger partial charge in [0.15, 0.2) is 5.82 Å². The smallest absolute Gasteiger partial charge is 0.251 e. The first-order chi connectivity index (χ1) is 13.0. The van der Waals surface area contributed by atoms with E-state index in [0.29, 0.717) is 34.7 Å². The average Bonchev–Trinajstić information content (AvgIpc) is 3.29. The topological polar surface area (TPSA) is 79.0 Å². The summed E-state index contributed by atoms with van der Waals surface area (Å²) >= 11 is 5.90. The van der Waals surface area contributed by atoms with Crippen LogP contribution in [0.3, 0.4) is 0 Å². The third kappa shape index (κ3) is 3.17. The standard InChI is InChI=1S/C19H17ClN4O2S/c1-19(27(26)15-9-7-14(20)8-10-15)11-12-24(17(19)25)18-21-16(22-23-18)13-5-3-2-4-6-13/h2-10H,11-12H2,1H3,(H,21,22,23). The van der Waals surface area contributed by atoms with Crippen LogP contribution in [0.25, 0.3) is 11.4 Å². The van der Waals surface area contributed by atoms with Gasteiger partial charge in [0, 0.05) is 22.0 Å². The molecule has 0 radical (unpaired) electrons. The number of benzene rings is 2. The van der Waals surface area contributed by atoms with E-state index in [0.717, 1.165) is 5.56 Å². The average molecular weight is 401 g/mol. The summed E-state index contributed by atoms with van der Waals surface area (Å²) in [7, 11) is -1.50. The Morgan fingerprint density at radius 1 is 1.15 bits per heavy atom. The number of hydrogen-bond acceptors (Lipinski definition) is 4. The van der Waals surface area contributed by atoms with Crippen LogP contribution in [0.5, 0.6) is 0 Å². The van der Waals surface area contributed by atoms with E-state index in [9.17, 15) is 9.00 Å². The lowest BCUT2D eigenvalue weighted by atomic mass is 10.1. The quantitative estimate of drug-likeness (QED) is 0.727. The van der Waals surface area contributed by atoms with Gasteiger partial charge in [0.25, 0.3) is 5.95 Å². The van der Waals surface area contributed by atoms with Crippen LogP contribution in [0.15, 0.2) is 59.5 Å². The van der Waals surface area contributed by atoms with Gasteiger partial charge in [-0.15, -0.1) is 5.10 Å². The van der Waals surface area contributed by atoms with Crippen LogP contribution in [0.2, 0.25) is 5.02 Å². The minimum Gasteiger partial charge on any atom is -0.278 e. The molecule has 4 rings (SSSR count). The second-order valence-corrected chi connectivity index (χ2v) is 8.86. The SMILES string of the molecule is CC1(S(=O)c2ccc(Cl)cc2)CCN(c2n[nH]c(-c3ccccc3)n2)C1=O. The van der Waals surface area contributed by atoms with Crippen LogP contribution in [0, 0.1) is 0 Å². The summed E-state index contributed by atoms with van der Waals surface area (Å²) in [6, 6.07) is 16.3. The maximum absolute atomic E-state index is 13.1. The van der Waals surface area contributed by atoms with Gasteiger partial charge in [-0.25, -0.2) is 0 Å². The van der Waals surface area contributed by atoms with Crippen molar-refractivity contribution in [3.63, 3.8) is 0 Å². The molecule has 6 nitrogen and oxygen atoms in total. The Labute approximate surface area is 164 Å². The molecule has 0 saturated carbocycles.